The second-order valence-electron chi connectivity index (χ2n) is 11.1. The summed E-state index contributed by atoms with van der Waals surface area (Å²) in [6.07, 6.45) is 20.3. The molecule has 0 fully saturated rings. The Balaban J connectivity index is 1.73. The molecule has 0 atom stereocenters. The first-order valence-corrected chi connectivity index (χ1v) is 15.9. The van der Waals surface area contributed by atoms with Gasteiger partial charge in [-0.3, -0.25) is 9.59 Å². The molecule has 0 bridgehead atoms. The Labute approximate surface area is 241 Å². The summed E-state index contributed by atoms with van der Waals surface area (Å²) in [6.45, 7) is 5.74. The van der Waals surface area contributed by atoms with E-state index in [-0.39, 0.29) is 0 Å². The lowest BCUT2D eigenvalue weighted by atomic mass is 9.94. The zero-order chi connectivity index (χ0) is 28.4. The van der Waals surface area contributed by atoms with Crippen molar-refractivity contribution in [3.63, 3.8) is 0 Å². The summed E-state index contributed by atoms with van der Waals surface area (Å²) >= 11 is 0. The molecule has 3 aromatic carbocycles. The molecule has 218 valence electrons. The van der Waals surface area contributed by atoms with E-state index in [2.05, 4.69) is 19.9 Å². The second-order valence-corrected chi connectivity index (χ2v) is 11.1. The molecular weight excluding hydrogens is 496 g/mol. The van der Waals surface area contributed by atoms with Gasteiger partial charge in [-0.2, -0.15) is 0 Å². The number of hydrogen-bond acceptors (Lipinski definition) is 4. The number of ketones is 1. The van der Waals surface area contributed by atoms with Crippen LogP contribution in [0.3, 0.4) is 0 Å². The summed E-state index contributed by atoms with van der Waals surface area (Å²) in [5.41, 5.74) is 0.439. The minimum atomic E-state index is -0.511. The highest BCUT2D eigenvalue weighted by Gasteiger charge is 2.19. The van der Waals surface area contributed by atoms with Crippen LogP contribution in [0.4, 0.5) is 0 Å². The van der Waals surface area contributed by atoms with E-state index in [0.717, 1.165) is 53.0 Å². The van der Waals surface area contributed by atoms with Gasteiger partial charge in [0.1, 0.15) is 0 Å². The van der Waals surface area contributed by atoms with E-state index < -0.39 is 5.78 Å². The van der Waals surface area contributed by atoms with E-state index in [1.165, 1.54) is 77.0 Å². The summed E-state index contributed by atoms with van der Waals surface area (Å²) < 4.78 is 12.7. The molecule has 0 spiro atoms. The fourth-order valence-electron chi connectivity index (χ4n) is 5.51. The number of Topliss-reactive ketones (excluding diaryl/α,β-unsaturated/α-hetero) is 1. The molecule has 0 N–H and O–H groups in total. The maximum absolute atomic E-state index is 12.8. The number of rotatable bonds is 22. The summed E-state index contributed by atoms with van der Waals surface area (Å²) in [5.74, 6) is 0.893. The fraction of sp³-hybridized carbons (Fsp3) is 0.556. The highest BCUT2D eigenvalue weighted by Crippen LogP contribution is 2.40. The van der Waals surface area contributed by atoms with Crippen molar-refractivity contribution in [2.24, 2.45) is 0 Å². The summed E-state index contributed by atoms with van der Waals surface area (Å²) in [6, 6.07) is 13.6. The largest absolute Gasteiger partial charge is 0.490 e. The number of carbonyl (C=O) groups excluding carboxylic acids is 2. The van der Waals surface area contributed by atoms with Crippen molar-refractivity contribution in [3.05, 3.63) is 48.0 Å². The first-order chi connectivity index (χ1) is 19.7. The maximum Gasteiger partial charge on any atom is 0.226 e. The Bertz CT molecular complexity index is 1180. The lowest BCUT2D eigenvalue weighted by Crippen LogP contribution is -2.06. The van der Waals surface area contributed by atoms with Crippen LogP contribution in [0.2, 0.25) is 0 Å². The number of unbranched alkanes of at least 4 members (excludes halogenated alkanes) is 14. The van der Waals surface area contributed by atoms with Gasteiger partial charge in [-0.05, 0) is 47.2 Å². The molecule has 40 heavy (non-hydrogen) atoms. The topological polar surface area (TPSA) is 52.6 Å². The van der Waals surface area contributed by atoms with Crippen molar-refractivity contribution < 1.29 is 19.1 Å². The zero-order valence-corrected chi connectivity index (χ0v) is 25.0. The summed E-state index contributed by atoms with van der Waals surface area (Å²) in [5, 5.41) is 3.27. The van der Waals surface area contributed by atoms with Gasteiger partial charge in [0.25, 0.3) is 0 Å². The summed E-state index contributed by atoms with van der Waals surface area (Å²) in [7, 11) is 0. The molecule has 0 aromatic heterocycles. The molecular formula is C36H50O4. The Hall–Kier alpha value is -2.88. The van der Waals surface area contributed by atoms with Gasteiger partial charge in [-0.15, -0.1) is 0 Å². The van der Waals surface area contributed by atoms with Crippen molar-refractivity contribution in [2.75, 3.05) is 13.2 Å². The smallest absolute Gasteiger partial charge is 0.226 e. The van der Waals surface area contributed by atoms with E-state index >= 15 is 0 Å². The van der Waals surface area contributed by atoms with Crippen LogP contribution < -0.4 is 9.47 Å². The molecule has 3 rings (SSSR count). The van der Waals surface area contributed by atoms with Crippen LogP contribution in [-0.4, -0.2) is 25.3 Å². The molecule has 0 saturated carbocycles. The molecule has 4 nitrogen and oxygen atoms in total. The van der Waals surface area contributed by atoms with Crippen LogP contribution in [0.5, 0.6) is 11.5 Å². The van der Waals surface area contributed by atoms with Crippen LogP contribution >= 0.6 is 0 Å². The van der Waals surface area contributed by atoms with Crippen molar-refractivity contribution in [3.8, 4) is 11.5 Å². The van der Waals surface area contributed by atoms with Gasteiger partial charge >= 0.3 is 0 Å². The van der Waals surface area contributed by atoms with Gasteiger partial charge in [-0.25, -0.2) is 0 Å². The third-order valence-electron chi connectivity index (χ3n) is 7.81. The second kappa shape index (κ2) is 18.5. The van der Waals surface area contributed by atoms with Gasteiger partial charge < -0.3 is 9.47 Å². The number of fused-ring (bicyclic) bond motifs is 2. The molecule has 0 radical (unpaired) electrons. The lowest BCUT2D eigenvalue weighted by molar-refractivity contribution is -0.104. The predicted molar refractivity (Wildman–Crippen MR) is 168 cm³/mol. The maximum atomic E-state index is 12.8. The molecule has 0 aliphatic carbocycles. The van der Waals surface area contributed by atoms with Crippen molar-refractivity contribution in [1.29, 1.82) is 0 Å². The van der Waals surface area contributed by atoms with Crippen molar-refractivity contribution >= 4 is 33.6 Å². The monoisotopic (exact) mass is 546 g/mol. The first-order valence-electron chi connectivity index (χ1n) is 15.9. The fourth-order valence-corrected chi connectivity index (χ4v) is 5.51. The van der Waals surface area contributed by atoms with E-state index in [1.54, 1.807) is 0 Å². The standard InChI is InChI=1S/C36H50O4/c1-3-5-7-9-11-13-15-19-25-39-34-24-23-31-32(36(34)40-26-20-16-14-12-10-8-6-4-2)27-29-21-17-18-22-30(29)35(31)33(38)28-37/h17-18,21-24,27-28H,3-16,19-20,25-26H2,1-2H3. The van der Waals surface area contributed by atoms with E-state index in [0.29, 0.717) is 30.8 Å². The molecule has 3 aromatic rings. The molecule has 0 saturated heterocycles. The highest BCUT2D eigenvalue weighted by molar-refractivity contribution is 6.40. The molecule has 0 unspecified atom stereocenters. The highest BCUT2D eigenvalue weighted by atomic mass is 16.5. The van der Waals surface area contributed by atoms with Crippen LogP contribution in [0.25, 0.3) is 21.5 Å². The average Bonchev–Trinajstić information content (AvgIpc) is 2.98. The summed E-state index contributed by atoms with van der Waals surface area (Å²) in [4.78, 5) is 24.4. The Morgan fingerprint density at radius 3 is 1.77 bits per heavy atom. The van der Waals surface area contributed by atoms with Gasteiger partial charge in [0.15, 0.2) is 17.8 Å². The number of ether oxygens (including phenoxy) is 2. The van der Waals surface area contributed by atoms with E-state index in [9.17, 15) is 9.59 Å². The number of carbonyl (C=O) groups is 2. The van der Waals surface area contributed by atoms with E-state index in [4.69, 9.17) is 9.47 Å². The normalized spacial score (nSPS) is 11.2. The molecule has 0 aliphatic heterocycles. The lowest BCUT2D eigenvalue weighted by Gasteiger charge is -2.17. The van der Waals surface area contributed by atoms with Crippen LogP contribution in [0.15, 0.2) is 42.5 Å². The van der Waals surface area contributed by atoms with Gasteiger partial charge in [0.05, 0.1) is 13.2 Å². The van der Waals surface area contributed by atoms with Crippen molar-refractivity contribution in [1.82, 2.24) is 0 Å². The third-order valence-corrected chi connectivity index (χ3v) is 7.81. The third kappa shape index (κ3) is 9.64. The predicted octanol–water partition coefficient (Wildman–Crippen LogP) is 10.4. The van der Waals surface area contributed by atoms with Crippen LogP contribution in [-0.2, 0) is 4.79 Å². The Kier molecular flexibility index (Phi) is 14.6. The number of benzene rings is 3. The minimum absolute atomic E-state index is 0.412. The molecule has 0 amide bonds. The Morgan fingerprint density at radius 2 is 1.18 bits per heavy atom. The van der Waals surface area contributed by atoms with Gasteiger partial charge in [0, 0.05) is 10.9 Å². The quantitative estimate of drug-likeness (QED) is 0.0413. The Morgan fingerprint density at radius 1 is 0.625 bits per heavy atom. The molecule has 0 aliphatic rings. The average molecular weight is 547 g/mol. The number of hydrogen-bond donors (Lipinski definition) is 0. The SMILES string of the molecule is CCCCCCCCCCOc1ccc2c(C(=O)C=O)c3ccccc3cc2c1OCCCCCCCCCC. The molecule has 0 heterocycles. The number of aldehydes is 1. The van der Waals surface area contributed by atoms with Gasteiger partial charge in [0.2, 0.25) is 5.78 Å². The van der Waals surface area contributed by atoms with Gasteiger partial charge in [-0.1, -0.05) is 128 Å². The van der Waals surface area contributed by atoms with E-state index in [1.807, 2.05) is 36.4 Å². The van der Waals surface area contributed by atoms with Crippen LogP contribution in [0.1, 0.15) is 127 Å². The molecule has 4 heteroatoms. The minimum Gasteiger partial charge on any atom is -0.490 e. The first kappa shape index (κ1) is 31.6. The van der Waals surface area contributed by atoms with Crippen LogP contribution in [0, 0.1) is 0 Å². The zero-order valence-electron chi connectivity index (χ0n) is 25.0. The van der Waals surface area contributed by atoms with Crippen molar-refractivity contribution in [2.45, 2.75) is 117 Å².